The number of ether oxygens (including phenoxy) is 2. The summed E-state index contributed by atoms with van der Waals surface area (Å²) in [5.41, 5.74) is 2.61. The number of anilines is 1. The minimum Gasteiger partial charge on any atom is -0.497 e. The van der Waals surface area contributed by atoms with Crippen molar-refractivity contribution in [1.29, 1.82) is 0 Å². The standard InChI is InChI=1S/C25H29N3O4S/c1-5-16(2)21(27-25(30)32-15-18-9-7-6-8-10-18)23(29)28-24-26-22(17(3)33-24)19-11-13-20(31-4)14-12-19/h6-14,16,21H,5,15H2,1-4H3,(H,27,30)(H,26,28,29)/t16-,21-/m1/s1. The molecule has 0 aliphatic heterocycles. The van der Waals surface area contributed by atoms with Gasteiger partial charge in [-0.05, 0) is 42.7 Å². The molecule has 0 bridgehead atoms. The van der Waals surface area contributed by atoms with E-state index < -0.39 is 12.1 Å². The van der Waals surface area contributed by atoms with E-state index in [1.165, 1.54) is 11.3 Å². The van der Waals surface area contributed by atoms with Crippen LogP contribution in [0, 0.1) is 12.8 Å². The Balaban J connectivity index is 1.66. The zero-order chi connectivity index (χ0) is 23.8. The predicted molar refractivity (Wildman–Crippen MR) is 130 cm³/mol. The minimum absolute atomic E-state index is 0.0867. The van der Waals surface area contributed by atoms with Gasteiger partial charge in [0.25, 0.3) is 0 Å². The van der Waals surface area contributed by atoms with Gasteiger partial charge in [0.15, 0.2) is 5.13 Å². The molecule has 0 saturated heterocycles. The Labute approximate surface area is 198 Å². The first kappa shape index (κ1) is 24.3. The number of aromatic nitrogens is 1. The SMILES string of the molecule is CC[C@@H](C)[C@@H](NC(=O)OCc1ccccc1)C(=O)Nc1nc(-c2ccc(OC)cc2)c(C)s1. The molecule has 3 rings (SSSR count). The number of methoxy groups -OCH3 is 1. The van der Waals surface area contributed by atoms with Crippen molar-refractivity contribution in [2.75, 3.05) is 12.4 Å². The number of carbonyl (C=O) groups is 2. The van der Waals surface area contributed by atoms with Gasteiger partial charge in [-0.25, -0.2) is 9.78 Å². The fourth-order valence-electron chi connectivity index (χ4n) is 3.24. The second-order valence-electron chi connectivity index (χ2n) is 7.71. The number of hydrogen-bond donors (Lipinski definition) is 2. The Morgan fingerprint density at radius 2 is 1.79 bits per heavy atom. The Bertz CT molecular complexity index is 1070. The molecule has 2 amide bonds. The van der Waals surface area contributed by atoms with Gasteiger partial charge in [-0.2, -0.15) is 0 Å². The lowest BCUT2D eigenvalue weighted by Gasteiger charge is -2.22. The Kier molecular flexibility index (Phi) is 8.43. The van der Waals surface area contributed by atoms with Gasteiger partial charge in [-0.1, -0.05) is 50.6 Å². The van der Waals surface area contributed by atoms with Crippen molar-refractivity contribution in [2.24, 2.45) is 5.92 Å². The monoisotopic (exact) mass is 467 g/mol. The molecule has 0 saturated carbocycles. The van der Waals surface area contributed by atoms with Gasteiger partial charge < -0.3 is 20.1 Å². The normalized spacial score (nSPS) is 12.5. The van der Waals surface area contributed by atoms with E-state index in [9.17, 15) is 9.59 Å². The van der Waals surface area contributed by atoms with Crippen LogP contribution in [0.15, 0.2) is 54.6 Å². The summed E-state index contributed by atoms with van der Waals surface area (Å²) in [6.07, 6.45) is 0.0824. The molecule has 0 radical (unpaired) electrons. The number of nitrogens with one attached hydrogen (secondary N) is 2. The maximum atomic E-state index is 13.0. The van der Waals surface area contributed by atoms with Crippen LogP contribution in [0.25, 0.3) is 11.3 Å². The quantitative estimate of drug-likeness (QED) is 0.439. The largest absolute Gasteiger partial charge is 0.497 e. The summed E-state index contributed by atoms with van der Waals surface area (Å²) in [4.78, 5) is 31.0. The van der Waals surface area contributed by atoms with E-state index >= 15 is 0 Å². The summed E-state index contributed by atoms with van der Waals surface area (Å²) in [5, 5.41) is 6.06. The molecule has 0 fully saturated rings. The fraction of sp³-hybridized carbons (Fsp3) is 0.320. The van der Waals surface area contributed by atoms with E-state index in [0.717, 1.165) is 27.4 Å². The van der Waals surface area contributed by atoms with E-state index in [-0.39, 0.29) is 18.4 Å². The van der Waals surface area contributed by atoms with Crippen LogP contribution < -0.4 is 15.4 Å². The van der Waals surface area contributed by atoms with Crippen LogP contribution in [0.4, 0.5) is 9.93 Å². The molecule has 0 spiro atoms. The van der Waals surface area contributed by atoms with Gasteiger partial charge >= 0.3 is 6.09 Å². The number of thiazole rings is 1. The highest BCUT2D eigenvalue weighted by Crippen LogP contribution is 2.31. The lowest BCUT2D eigenvalue weighted by atomic mass is 9.98. The van der Waals surface area contributed by atoms with E-state index in [1.54, 1.807) is 7.11 Å². The maximum Gasteiger partial charge on any atom is 0.408 e. The molecule has 0 aliphatic carbocycles. The summed E-state index contributed by atoms with van der Waals surface area (Å²) in [5.74, 6) is 0.356. The van der Waals surface area contributed by atoms with Crippen LogP contribution in [-0.2, 0) is 16.1 Å². The summed E-state index contributed by atoms with van der Waals surface area (Å²) in [6.45, 7) is 5.98. The van der Waals surface area contributed by atoms with Crippen molar-refractivity contribution in [1.82, 2.24) is 10.3 Å². The van der Waals surface area contributed by atoms with Crippen LogP contribution >= 0.6 is 11.3 Å². The van der Waals surface area contributed by atoms with Crippen LogP contribution in [0.3, 0.4) is 0 Å². The van der Waals surface area contributed by atoms with Gasteiger partial charge in [0.1, 0.15) is 18.4 Å². The van der Waals surface area contributed by atoms with Gasteiger partial charge in [0.2, 0.25) is 5.91 Å². The molecular weight excluding hydrogens is 438 g/mol. The van der Waals surface area contributed by atoms with Gasteiger partial charge in [0, 0.05) is 10.4 Å². The number of hydrogen-bond acceptors (Lipinski definition) is 6. The molecule has 7 nitrogen and oxygen atoms in total. The molecule has 2 aromatic carbocycles. The number of nitrogens with zero attached hydrogens (tertiary/aromatic N) is 1. The van der Waals surface area contributed by atoms with E-state index in [0.29, 0.717) is 11.6 Å². The first-order valence-corrected chi connectivity index (χ1v) is 11.6. The van der Waals surface area contributed by atoms with Crippen LogP contribution in [0.1, 0.15) is 30.7 Å². The van der Waals surface area contributed by atoms with E-state index in [4.69, 9.17) is 9.47 Å². The maximum absolute atomic E-state index is 13.0. The lowest BCUT2D eigenvalue weighted by molar-refractivity contribution is -0.119. The van der Waals surface area contributed by atoms with Crippen molar-refractivity contribution < 1.29 is 19.1 Å². The third-order valence-electron chi connectivity index (χ3n) is 5.37. The zero-order valence-electron chi connectivity index (χ0n) is 19.3. The second kappa shape index (κ2) is 11.5. The van der Waals surface area contributed by atoms with Crippen molar-refractivity contribution in [2.45, 2.75) is 39.8 Å². The molecule has 1 heterocycles. The fourth-order valence-corrected chi connectivity index (χ4v) is 4.08. The minimum atomic E-state index is -0.744. The molecule has 0 aliphatic rings. The molecule has 0 unspecified atom stereocenters. The third-order valence-corrected chi connectivity index (χ3v) is 6.26. The summed E-state index contributed by atoms with van der Waals surface area (Å²) < 4.78 is 10.5. The van der Waals surface area contributed by atoms with Gasteiger partial charge in [-0.3, -0.25) is 4.79 Å². The highest BCUT2D eigenvalue weighted by atomic mass is 32.1. The molecule has 2 atom stereocenters. The second-order valence-corrected chi connectivity index (χ2v) is 8.91. The van der Waals surface area contributed by atoms with Crippen LogP contribution in [0.2, 0.25) is 0 Å². The number of carbonyl (C=O) groups excluding carboxylic acids is 2. The predicted octanol–water partition coefficient (Wildman–Crippen LogP) is 5.41. The van der Waals surface area contributed by atoms with Gasteiger partial charge in [0.05, 0.1) is 12.8 Å². The average molecular weight is 468 g/mol. The highest BCUT2D eigenvalue weighted by Gasteiger charge is 2.27. The van der Waals surface area contributed by atoms with Crippen LogP contribution in [0.5, 0.6) is 5.75 Å². The Morgan fingerprint density at radius 1 is 1.09 bits per heavy atom. The Hall–Kier alpha value is -3.39. The number of amides is 2. The van der Waals surface area contributed by atoms with Crippen LogP contribution in [-0.4, -0.2) is 30.1 Å². The number of rotatable bonds is 9. The van der Waals surface area contributed by atoms with E-state index in [1.807, 2.05) is 75.4 Å². The number of alkyl carbamates (subject to hydrolysis) is 1. The van der Waals surface area contributed by atoms with Crippen molar-refractivity contribution in [3.05, 3.63) is 65.0 Å². The Morgan fingerprint density at radius 3 is 2.42 bits per heavy atom. The topological polar surface area (TPSA) is 89.5 Å². The highest BCUT2D eigenvalue weighted by molar-refractivity contribution is 7.16. The summed E-state index contributed by atoms with van der Waals surface area (Å²) >= 11 is 1.39. The lowest BCUT2D eigenvalue weighted by Crippen LogP contribution is -2.47. The molecular formula is C25H29N3O4S. The zero-order valence-corrected chi connectivity index (χ0v) is 20.1. The summed E-state index contributed by atoms with van der Waals surface area (Å²) in [6, 6.07) is 16.3. The summed E-state index contributed by atoms with van der Waals surface area (Å²) in [7, 11) is 1.62. The molecule has 1 aromatic heterocycles. The van der Waals surface area contributed by atoms with Crippen molar-refractivity contribution >= 4 is 28.5 Å². The third kappa shape index (κ3) is 6.55. The molecule has 174 valence electrons. The first-order valence-electron chi connectivity index (χ1n) is 10.8. The molecule has 8 heteroatoms. The number of benzene rings is 2. The van der Waals surface area contributed by atoms with Crippen molar-refractivity contribution in [3.63, 3.8) is 0 Å². The number of aryl methyl sites for hydroxylation is 1. The van der Waals surface area contributed by atoms with Crippen molar-refractivity contribution in [3.8, 4) is 17.0 Å². The smallest absolute Gasteiger partial charge is 0.408 e. The molecule has 2 N–H and O–H groups in total. The van der Waals surface area contributed by atoms with Gasteiger partial charge in [-0.15, -0.1) is 11.3 Å². The first-order chi connectivity index (χ1) is 15.9. The average Bonchev–Trinajstić information content (AvgIpc) is 3.20. The molecule has 3 aromatic rings. The van der Waals surface area contributed by atoms with E-state index in [2.05, 4.69) is 15.6 Å². The molecule has 33 heavy (non-hydrogen) atoms.